The minimum Gasteiger partial charge on any atom is -0.494 e. The van der Waals surface area contributed by atoms with E-state index in [1.165, 1.54) is 0 Å². The molecule has 0 saturated carbocycles. The summed E-state index contributed by atoms with van der Waals surface area (Å²) in [5.74, 6) is -0.736. The summed E-state index contributed by atoms with van der Waals surface area (Å²) in [4.78, 5) is 25.8. The molecular formula is C13H17NO5. The number of carbonyl (C=O) groups excluding carboxylic acids is 1. The third-order valence-corrected chi connectivity index (χ3v) is 2.19. The maximum atomic E-state index is 11.2. The molecule has 0 saturated heterocycles. The van der Waals surface area contributed by atoms with E-state index in [9.17, 15) is 9.59 Å². The number of ether oxygens (including phenoxy) is 1. The normalized spacial score (nSPS) is 9.95. The van der Waals surface area contributed by atoms with Crippen LogP contribution >= 0.6 is 0 Å². The Kier molecular flexibility index (Phi) is 6.38. The van der Waals surface area contributed by atoms with Crippen LogP contribution in [-0.2, 0) is 14.4 Å². The van der Waals surface area contributed by atoms with Gasteiger partial charge in [0, 0.05) is 6.42 Å². The smallest absolute Gasteiger partial charge is 0.332 e. The van der Waals surface area contributed by atoms with Gasteiger partial charge in [0.05, 0.1) is 6.61 Å². The molecule has 6 heteroatoms. The van der Waals surface area contributed by atoms with Crippen LogP contribution in [0.5, 0.6) is 5.75 Å². The molecule has 0 aliphatic carbocycles. The van der Waals surface area contributed by atoms with Crippen molar-refractivity contribution in [3.05, 3.63) is 29.8 Å². The van der Waals surface area contributed by atoms with Crippen LogP contribution in [0, 0.1) is 6.92 Å². The number of carboxylic acids is 1. The van der Waals surface area contributed by atoms with Crippen molar-refractivity contribution in [2.75, 3.05) is 13.2 Å². The molecular weight excluding hydrogens is 250 g/mol. The average molecular weight is 267 g/mol. The summed E-state index contributed by atoms with van der Waals surface area (Å²) in [6.45, 7) is 1.83. The van der Waals surface area contributed by atoms with Crippen molar-refractivity contribution in [1.29, 1.82) is 0 Å². The zero-order chi connectivity index (χ0) is 14.1. The Labute approximate surface area is 111 Å². The second kappa shape index (κ2) is 8.10. The molecule has 6 nitrogen and oxygen atoms in total. The third-order valence-electron chi connectivity index (χ3n) is 2.19. The van der Waals surface area contributed by atoms with Gasteiger partial charge in [0.2, 0.25) is 5.91 Å². The molecule has 1 rings (SSSR count). The first kappa shape index (κ1) is 15.0. The number of carboxylic acid groups (broad SMARTS) is 1. The van der Waals surface area contributed by atoms with Crippen LogP contribution in [-0.4, -0.2) is 30.2 Å². The Hall–Kier alpha value is -2.08. The molecule has 0 fully saturated rings. The third kappa shape index (κ3) is 7.05. The van der Waals surface area contributed by atoms with Crippen molar-refractivity contribution in [3.8, 4) is 5.75 Å². The van der Waals surface area contributed by atoms with Gasteiger partial charge in [-0.2, -0.15) is 0 Å². The lowest BCUT2D eigenvalue weighted by Gasteiger charge is -2.07. The number of rotatable bonds is 8. The summed E-state index contributed by atoms with van der Waals surface area (Å²) in [7, 11) is 0. The Balaban J connectivity index is 2.10. The lowest BCUT2D eigenvalue weighted by molar-refractivity contribution is -0.149. The molecule has 2 N–H and O–H groups in total. The number of aliphatic carboxylic acids is 1. The Morgan fingerprint density at radius 2 is 2.16 bits per heavy atom. The highest BCUT2D eigenvalue weighted by atomic mass is 16.7. The standard InChI is InChI=1S/C13H17NO5/c1-10-4-2-5-11(8-10)18-7-3-6-12(15)14-19-9-13(16)17/h2,4-5,8H,3,6-7,9H2,1H3,(H,14,15)(H,16,17). The monoisotopic (exact) mass is 267 g/mol. The first-order valence-corrected chi connectivity index (χ1v) is 5.90. The summed E-state index contributed by atoms with van der Waals surface area (Å²) in [6, 6.07) is 7.64. The first-order valence-electron chi connectivity index (χ1n) is 5.90. The van der Waals surface area contributed by atoms with Gasteiger partial charge in [-0.25, -0.2) is 10.3 Å². The van der Waals surface area contributed by atoms with Gasteiger partial charge in [0.1, 0.15) is 5.75 Å². The Morgan fingerprint density at radius 1 is 1.37 bits per heavy atom. The zero-order valence-corrected chi connectivity index (χ0v) is 10.7. The van der Waals surface area contributed by atoms with Crippen molar-refractivity contribution in [1.82, 2.24) is 5.48 Å². The lowest BCUT2D eigenvalue weighted by Crippen LogP contribution is -2.26. The SMILES string of the molecule is Cc1cccc(OCCCC(=O)NOCC(=O)O)c1. The van der Waals surface area contributed by atoms with Crippen molar-refractivity contribution in [3.63, 3.8) is 0 Å². The number of hydroxylamine groups is 1. The van der Waals surface area contributed by atoms with Gasteiger partial charge in [0.25, 0.3) is 0 Å². The molecule has 0 bridgehead atoms. The zero-order valence-electron chi connectivity index (χ0n) is 10.7. The van der Waals surface area contributed by atoms with Crippen molar-refractivity contribution >= 4 is 11.9 Å². The summed E-state index contributed by atoms with van der Waals surface area (Å²) in [6.07, 6.45) is 0.738. The molecule has 0 spiro atoms. The van der Waals surface area contributed by atoms with Gasteiger partial charge >= 0.3 is 5.97 Å². The van der Waals surface area contributed by atoms with Crippen LogP contribution in [0.4, 0.5) is 0 Å². The molecule has 1 amide bonds. The fourth-order valence-electron chi connectivity index (χ4n) is 1.36. The summed E-state index contributed by atoms with van der Waals surface area (Å²) in [5, 5.41) is 8.29. The average Bonchev–Trinajstić information content (AvgIpc) is 2.34. The number of carbonyl (C=O) groups is 2. The number of amides is 1. The maximum Gasteiger partial charge on any atom is 0.332 e. The second-order valence-corrected chi connectivity index (χ2v) is 3.98. The fraction of sp³-hybridized carbons (Fsp3) is 0.385. The first-order chi connectivity index (χ1) is 9.08. The topological polar surface area (TPSA) is 84.9 Å². The predicted octanol–water partition coefficient (Wildman–Crippen LogP) is 1.29. The van der Waals surface area contributed by atoms with Crippen LogP contribution in [0.1, 0.15) is 18.4 Å². The van der Waals surface area contributed by atoms with Gasteiger partial charge < -0.3 is 9.84 Å². The van der Waals surface area contributed by atoms with Gasteiger partial charge in [-0.3, -0.25) is 9.63 Å². The molecule has 0 atom stereocenters. The van der Waals surface area contributed by atoms with E-state index in [0.717, 1.165) is 11.3 Å². The van der Waals surface area contributed by atoms with Crippen LogP contribution in [0.15, 0.2) is 24.3 Å². The second-order valence-electron chi connectivity index (χ2n) is 3.98. The van der Waals surface area contributed by atoms with Crippen molar-refractivity contribution < 1.29 is 24.3 Å². The summed E-state index contributed by atoms with van der Waals surface area (Å²) in [5.41, 5.74) is 3.16. The molecule has 0 radical (unpaired) electrons. The predicted molar refractivity (Wildman–Crippen MR) is 67.6 cm³/mol. The molecule has 1 aromatic carbocycles. The fourth-order valence-corrected chi connectivity index (χ4v) is 1.36. The van der Waals surface area contributed by atoms with Crippen LogP contribution in [0.2, 0.25) is 0 Å². The van der Waals surface area contributed by atoms with E-state index in [4.69, 9.17) is 9.84 Å². The van der Waals surface area contributed by atoms with Gasteiger partial charge in [-0.1, -0.05) is 12.1 Å². The van der Waals surface area contributed by atoms with Crippen molar-refractivity contribution in [2.24, 2.45) is 0 Å². The Bertz CT molecular complexity index is 433. The van der Waals surface area contributed by atoms with Gasteiger partial charge in [0.15, 0.2) is 6.61 Å². The van der Waals surface area contributed by atoms with Crippen LogP contribution in [0.25, 0.3) is 0 Å². The number of hydrogen-bond donors (Lipinski definition) is 2. The van der Waals surface area contributed by atoms with E-state index in [0.29, 0.717) is 13.0 Å². The van der Waals surface area contributed by atoms with Gasteiger partial charge in [-0.15, -0.1) is 0 Å². The van der Waals surface area contributed by atoms with E-state index in [1.54, 1.807) is 0 Å². The molecule has 0 aliphatic heterocycles. The molecule has 0 unspecified atom stereocenters. The Morgan fingerprint density at radius 3 is 2.84 bits per heavy atom. The van der Waals surface area contributed by atoms with E-state index >= 15 is 0 Å². The summed E-state index contributed by atoms with van der Waals surface area (Å²) >= 11 is 0. The number of aryl methyl sites for hydroxylation is 1. The highest BCUT2D eigenvalue weighted by Gasteiger charge is 2.03. The van der Waals surface area contributed by atoms with Crippen molar-refractivity contribution in [2.45, 2.75) is 19.8 Å². The highest BCUT2D eigenvalue weighted by molar-refractivity contribution is 5.75. The molecule has 104 valence electrons. The number of nitrogens with one attached hydrogen (secondary N) is 1. The van der Waals surface area contributed by atoms with Crippen LogP contribution in [0.3, 0.4) is 0 Å². The number of benzene rings is 1. The minimum atomic E-state index is -1.14. The maximum absolute atomic E-state index is 11.2. The lowest BCUT2D eigenvalue weighted by atomic mass is 10.2. The van der Waals surface area contributed by atoms with E-state index in [2.05, 4.69) is 4.84 Å². The van der Waals surface area contributed by atoms with E-state index in [-0.39, 0.29) is 12.3 Å². The minimum absolute atomic E-state index is 0.214. The molecule has 19 heavy (non-hydrogen) atoms. The molecule has 0 heterocycles. The quantitative estimate of drug-likeness (QED) is 0.547. The number of hydrogen-bond acceptors (Lipinski definition) is 4. The largest absolute Gasteiger partial charge is 0.494 e. The highest BCUT2D eigenvalue weighted by Crippen LogP contribution is 2.12. The molecule has 1 aromatic rings. The van der Waals surface area contributed by atoms with E-state index in [1.807, 2.05) is 36.7 Å². The van der Waals surface area contributed by atoms with Gasteiger partial charge in [-0.05, 0) is 31.0 Å². The van der Waals surface area contributed by atoms with E-state index < -0.39 is 12.6 Å². The van der Waals surface area contributed by atoms with Crippen LogP contribution < -0.4 is 10.2 Å². The summed E-state index contributed by atoms with van der Waals surface area (Å²) < 4.78 is 5.46. The molecule has 0 aromatic heterocycles. The molecule has 0 aliphatic rings.